The first-order valence-electron chi connectivity index (χ1n) is 7.63. The minimum absolute atomic E-state index is 0.0135. The van der Waals surface area contributed by atoms with Crippen molar-refractivity contribution in [1.82, 2.24) is 0 Å². The second kappa shape index (κ2) is 9.01. The molecule has 0 saturated carbocycles. The van der Waals surface area contributed by atoms with Crippen LogP contribution in [0.4, 0.5) is 0 Å². The molecule has 0 aliphatic heterocycles. The van der Waals surface area contributed by atoms with Crippen LogP contribution in [-0.4, -0.2) is 31.5 Å². The van der Waals surface area contributed by atoms with Crippen LogP contribution in [0, 0.1) is 5.92 Å². The highest BCUT2D eigenvalue weighted by Crippen LogP contribution is 2.30. The Labute approximate surface area is 122 Å². The molecule has 0 aromatic rings. The maximum Gasteiger partial charge on any atom is 0.0792 e. The van der Waals surface area contributed by atoms with Gasteiger partial charge in [-0.25, -0.2) is 0 Å². The molecular weight excluding hydrogens is 254 g/mol. The molecule has 0 heterocycles. The van der Waals surface area contributed by atoms with E-state index in [-0.39, 0.29) is 24.2 Å². The highest BCUT2D eigenvalue weighted by Gasteiger charge is 2.31. The molecule has 0 aromatic carbocycles. The van der Waals surface area contributed by atoms with Crippen LogP contribution in [-0.2, 0) is 9.47 Å². The molecule has 1 aliphatic carbocycles. The fraction of sp³-hybridized carbons (Fsp3) is 0.867. The first kappa shape index (κ1) is 17.0. The number of rotatable bonds is 8. The van der Waals surface area contributed by atoms with Crippen LogP contribution in [0.2, 0.25) is 0 Å². The van der Waals surface area contributed by atoms with Gasteiger partial charge < -0.3 is 9.47 Å². The van der Waals surface area contributed by atoms with E-state index in [2.05, 4.69) is 36.9 Å². The van der Waals surface area contributed by atoms with Crippen molar-refractivity contribution in [2.75, 3.05) is 13.2 Å². The predicted octanol–water partition coefficient (Wildman–Crippen LogP) is 4.24. The minimum atomic E-state index is -0.0418. The summed E-state index contributed by atoms with van der Waals surface area (Å²) in [6.07, 6.45) is 5.22. The van der Waals surface area contributed by atoms with Crippen LogP contribution in [0.1, 0.15) is 47.0 Å². The van der Waals surface area contributed by atoms with Crippen molar-refractivity contribution in [2.45, 2.75) is 65.2 Å². The van der Waals surface area contributed by atoms with Crippen LogP contribution in [0.5, 0.6) is 0 Å². The zero-order valence-corrected chi connectivity index (χ0v) is 13.1. The van der Waals surface area contributed by atoms with E-state index in [0.29, 0.717) is 13.2 Å². The zero-order chi connectivity index (χ0) is 15.0. The zero-order valence-electron chi connectivity index (χ0n) is 13.1. The lowest BCUT2D eigenvalue weighted by molar-refractivity contribution is -0.0258. The third kappa shape index (κ3) is 4.82. The van der Waals surface area contributed by atoms with E-state index >= 15 is 0 Å². The van der Waals surface area contributed by atoms with E-state index in [1.165, 1.54) is 5.57 Å². The van der Waals surface area contributed by atoms with E-state index < -0.39 is 0 Å². The molecule has 3 atom stereocenters. The van der Waals surface area contributed by atoms with Gasteiger partial charge in [-0.05, 0) is 43.2 Å². The minimum Gasteiger partial charge on any atom is -0.377 e. The lowest BCUT2D eigenvalue weighted by Crippen LogP contribution is -2.36. The highest BCUT2D eigenvalue weighted by atomic mass is 16.5. The average molecular weight is 281 g/mol. The van der Waals surface area contributed by atoms with Gasteiger partial charge in [0.1, 0.15) is 0 Å². The summed E-state index contributed by atoms with van der Waals surface area (Å²) >= 11 is 0. The lowest BCUT2D eigenvalue weighted by Gasteiger charge is -2.34. The summed E-state index contributed by atoms with van der Waals surface area (Å²) in [5.41, 5.74) is 9.90. The van der Waals surface area contributed by atoms with Crippen molar-refractivity contribution in [2.24, 2.45) is 11.0 Å². The Morgan fingerprint density at radius 1 is 1.40 bits per heavy atom. The van der Waals surface area contributed by atoms with Crippen LogP contribution < -0.4 is 0 Å². The molecule has 0 saturated heterocycles. The maximum atomic E-state index is 8.73. The summed E-state index contributed by atoms with van der Waals surface area (Å²) < 4.78 is 11.7. The molecular formula is C15H27N3O2. The Hall–Kier alpha value is -1.03. The van der Waals surface area contributed by atoms with Gasteiger partial charge in [0, 0.05) is 17.6 Å². The second-order valence-electron chi connectivity index (χ2n) is 5.34. The molecule has 0 radical (unpaired) electrons. The maximum absolute atomic E-state index is 8.73. The first-order chi connectivity index (χ1) is 9.65. The topological polar surface area (TPSA) is 67.2 Å². The Kier molecular flexibility index (Phi) is 7.67. The molecule has 1 aliphatic rings. The molecule has 0 amide bonds. The van der Waals surface area contributed by atoms with Gasteiger partial charge in [-0.3, -0.25) is 0 Å². The van der Waals surface area contributed by atoms with E-state index in [4.69, 9.17) is 15.0 Å². The van der Waals surface area contributed by atoms with Crippen molar-refractivity contribution in [1.29, 1.82) is 0 Å². The molecule has 20 heavy (non-hydrogen) atoms. The highest BCUT2D eigenvalue weighted by molar-refractivity contribution is 5.15. The molecule has 114 valence electrons. The SMILES string of the molecule is CCOCC1=C[C@@H](OC(CC)CC)[C@H](C)[C@@H](N=[N+]=[N-])C1. The number of ether oxygens (including phenoxy) is 2. The monoisotopic (exact) mass is 281 g/mol. The molecule has 0 aromatic heterocycles. The van der Waals surface area contributed by atoms with Gasteiger partial charge in [0.25, 0.3) is 0 Å². The van der Waals surface area contributed by atoms with Gasteiger partial charge in [0.15, 0.2) is 0 Å². The average Bonchev–Trinajstić information content (AvgIpc) is 2.46. The molecule has 0 unspecified atom stereocenters. The second-order valence-corrected chi connectivity index (χ2v) is 5.34. The number of hydrogen-bond donors (Lipinski definition) is 0. The van der Waals surface area contributed by atoms with Gasteiger partial charge >= 0.3 is 0 Å². The summed E-state index contributed by atoms with van der Waals surface area (Å²) in [6.45, 7) is 9.64. The van der Waals surface area contributed by atoms with E-state index in [0.717, 1.165) is 19.3 Å². The Bertz CT molecular complexity index is 360. The third-order valence-corrected chi connectivity index (χ3v) is 3.95. The first-order valence-corrected chi connectivity index (χ1v) is 7.63. The lowest BCUT2D eigenvalue weighted by atomic mass is 9.84. The van der Waals surface area contributed by atoms with Crippen LogP contribution in [0.25, 0.3) is 10.4 Å². The van der Waals surface area contributed by atoms with E-state index in [1.54, 1.807) is 0 Å². The van der Waals surface area contributed by atoms with Crippen LogP contribution >= 0.6 is 0 Å². The molecule has 0 N–H and O–H groups in total. The molecule has 0 bridgehead atoms. The molecule has 5 heteroatoms. The summed E-state index contributed by atoms with van der Waals surface area (Å²) in [6, 6.07) is -0.0418. The van der Waals surface area contributed by atoms with Crippen LogP contribution in [0.3, 0.4) is 0 Å². The summed E-state index contributed by atoms with van der Waals surface area (Å²) in [4.78, 5) is 2.98. The van der Waals surface area contributed by atoms with Gasteiger partial charge in [-0.15, -0.1) is 0 Å². The largest absolute Gasteiger partial charge is 0.377 e. The third-order valence-electron chi connectivity index (χ3n) is 3.95. The fourth-order valence-electron chi connectivity index (χ4n) is 2.54. The van der Waals surface area contributed by atoms with E-state index in [1.807, 2.05) is 6.92 Å². The van der Waals surface area contributed by atoms with Crippen molar-refractivity contribution >= 4 is 0 Å². The van der Waals surface area contributed by atoms with Crippen molar-refractivity contribution in [3.05, 3.63) is 22.1 Å². The fourth-order valence-corrected chi connectivity index (χ4v) is 2.54. The summed E-state index contributed by atoms with van der Waals surface area (Å²) in [5.74, 6) is 0.205. The summed E-state index contributed by atoms with van der Waals surface area (Å²) in [7, 11) is 0. The smallest absolute Gasteiger partial charge is 0.0792 e. The van der Waals surface area contributed by atoms with Gasteiger partial charge in [-0.2, -0.15) is 0 Å². The number of azide groups is 1. The Morgan fingerprint density at radius 2 is 2.10 bits per heavy atom. The Morgan fingerprint density at radius 3 is 2.65 bits per heavy atom. The molecule has 0 spiro atoms. The van der Waals surface area contributed by atoms with Crippen LogP contribution in [0.15, 0.2) is 16.8 Å². The number of hydrogen-bond acceptors (Lipinski definition) is 3. The predicted molar refractivity (Wildman–Crippen MR) is 80.5 cm³/mol. The summed E-state index contributed by atoms with van der Waals surface area (Å²) in [5, 5.41) is 3.94. The van der Waals surface area contributed by atoms with Gasteiger partial charge in [-0.1, -0.05) is 32.0 Å². The normalized spacial score (nSPS) is 26.2. The van der Waals surface area contributed by atoms with Crippen molar-refractivity contribution in [3.63, 3.8) is 0 Å². The van der Waals surface area contributed by atoms with Crippen molar-refractivity contribution in [3.8, 4) is 0 Å². The molecule has 1 rings (SSSR count). The number of nitrogens with zero attached hydrogens (tertiary/aromatic N) is 3. The molecule has 0 fully saturated rings. The quantitative estimate of drug-likeness (QED) is 0.289. The van der Waals surface area contributed by atoms with Gasteiger partial charge in [0.05, 0.1) is 18.8 Å². The van der Waals surface area contributed by atoms with Crippen molar-refractivity contribution < 1.29 is 9.47 Å². The van der Waals surface area contributed by atoms with E-state index in [9.17, 15) is 0 Å². The standard InChI is InChI=1S/C15H27N3O2/c1-5-13(6-2)20-15-9-12(10-19-7-3)8-14(11(15)4)17-18-16/h9,11,13-15H,5-8,10H2,1-4H3/t11-,14+,15-/m1/s1. The molecule has 5 nitrogen and oxygen atoms in total. The van der Waals surface area contributed by atoms with Gasteiger partial charge in [0.2, 0.25) is 0 Å². The Balaban J connectivity index is 2.82.